The van der Waals surface area contributed by atoms with Gasteiger partial charge in [-0.1, -0.05) is 6.07 Å². The van der Waals surface area contributed by atoms with Crippen LogP contribution in [0, 0.1) is 20.2 Å². The van der Waals surface area contributed by atoms with Crippen LogP contribution in [0.4, 0.5) is 11.4 Å². The summed E-state index contributed by atoms with van der Waals surface area (Å²) in [4.78, 5) is 21.2. The zero-order chi connectivity index (χ0) is 16.7. The van der Waals surface area contributed by atoms with Crippen molar-refractivity contribution in [2.24, 2.45) is 0 Å². The van der Waals surface area contributed by atoms with E-state index in [0.29, 0.717) is 14.5 Å². The number of furan rings is 1. The van der Waals surface area contributed by atoms with Crippen LogP contribution in [0.5, 0.6) is 0 Å². The number of nitro benzene ring substituents is 1. The van der Waals surface area contributed by atoms with Gasteiger partial charge >= 0.3 is 5.69 Å². The summed E-state index contributed by atoms with van der Waals surface area (Å²) < 4.78 is 6.82. The third kappa shape index (κ3) is 2.62. The Labute approximate surface area is 145 Å². The number of non-ortho nitro benzene ring substituents is 1. The predicted octanol–water partition coefficient (Wildman–Crippen LogP) is 5.44. The summed E-state index contributed by atoms with van der Waals surface area (Å²) in [6.07, 6.45) is 0. The highest BCUT2D eigenvalue weighted by atomic mass is 79.9. The molecule has 116 valence electrons. The first kappa shape index (κ1) is 15.6. The highest BCUT2D eigenvalue weighted by molar-refractivity contribution is 9.11. The molecule has 0 saturated carbocycles. The fourth-order valence-corrected chi connectivity index (χ4v) is 3.61. The van der Waals surface area contributed by atoms with E-state index < -0.39 is 9.85 Å². The van der Waals surface area contributed by atoms with Gasteiger partial charge in [0.05, 0.1) is 15.4 Å². The van der Waals surface area contributed by atoms with E-state index in [1.165, 1.54) is 12.1 Å². The number of hydrogen-bond donors (Lipinski definition) is 0. The third-order valence-electron chi connectivity index (χ3n) is 3.23. The molecule has 1 heterocycles. The van der Waals surface area contributed by atoms with Crippen molar-refractivity contribution in [3.8, 4) is 11.3 Å². The largest absolute Gasteiger partial charge is 0.448 e. The van der Waals surface area contributed by atoms with Gasteiger partial charge in [-0.15, -0.1) is 0 Å². The van der Waals surface area contributed by atoms with E-state index in [-0.39, 0.29) is 28.1 Å². The molecule has 0 unspecified atom stereocenters. The van der Waals surface area contributed by atoms with Crippen LogP contribution in [0.3, 0.4) is 0 Å². The standard InChI is InChI=1S/C14H6Br2N2O5/c15-9-2-1-3-10(16)12(9)14-13(18(21)22)8-6-7(17(19)20)4-5-11(8)23-14/h1-6H. The summed E-state index contributed by atoms with van der Waals surface area (Å²) in [5, 5.41) is 22.5. The molecule has 0 fully saturated rings. The Morgan fingerprint density at radius 3 is 2.17 bits per heavy atom. The first-order valence-electron chi connectivity index (χ1n) is 6.20. The van der Waals surface area contributed by atoms with Crippen molar-refractivity contribution in [2.75, 3.05) is 0 Å². The fraction of sp³-hybridized carbons (Fsp3) is 0. The average Bonchev–Trinajstić information content (AvgIpc) is 2.84. The number of fused-ring (bicyclic) bond motifs is 1. The third-order valence-corrected chi connectivity index (χ3v) is 4.55. The van der Waals surface area contributed by atoms with Crippen molar-refractivity contribution < 1.29 is 14.3 Å². The SMILES string of the molecule is O=[N+]([O-])c1ccc2oc(-c3c(Br)cccc3Br)c([N+](=O)[O-])c2c1. The van der Waals surface area contributed by atoms with Crippen LogP contribution in [0.15, 0.2) is 49.8 Å². The minimum Gasteiger partial charge on any atom is -0.448 e. The molecule has 2 aromatic carbocycles. The second-order valence-electron chi connectivity index (χ2n) is 4.57. The van der Waals surface area contributed by atoms with E-state index in [1.807, 2.05) is 0 Å². The van der Waals surface area contributed by atoms with Crippen molar-refractivity contribution in [3.05, 3.63) is 65.6 Å². The van der Waals surface area contributed by atoms with Crippen LogP contribution >= 0.6 is 31.9 Å². The molecule has 0 aliphatic carbocycles. The Balaban J connectivity index is 2.40. The van der Waals surface area contributed by atoms with E-state index >= 15 is 0 Å². The maximum atomic E-state index is 11.5. The van der Waals surface area contributed by atoms with Crippen LogP contribution in [0.1, 0.15) is 0 Å². The van der Waals surface area contributed by atoms with Crippen LogP contribution in [0.25, 0.3) is 22.3 Å². The van der Waals surface area contributed by atoms with Gasteiger partial charge in [-0.2, -0.15) is 0 Å². The normalized spacial score (nSPS) is 10.9. The van der Waals surface area contributed by atoms with Gasteiger partial charge in [0.1, 0.15) is 11.0 Å². The van der Waals surface area contributed by atoms with Gasteiger partial charge in [-0.05, 0) is 50.1 Å². The van der Waals surface area contributed by atoms with Crippen molar-refractivity contribution in [2.45, 2.75) is 0 Å². The predicted molar refractivity (Wildman–Crippen MR) is 90.4 cm³/mol. The summed E-state index contributed by atoms with van der Waals surface area (Å²) in [7, 11) is 0. The minimum absolute atomic E-state index is 0.0323. The molecular weight excluding hydrogens is 436 g/mol. The molecule has 0 saturated heterocycles. The fourth-order valence-electron chi connectivity index (χ4n) is 2.25. The van der Waals surface area contributed by atoms with E-state index in [9.17, 15) is 20.2 Å². The summed E-state index contributed by atoms with van der Waals surface area (Å²) >= 11 is 6.68. The van der Waals surface area contributed by atoms with Gasteiger partial charge < -0.3 is 4.42 Å². The second-order valence-corrected chi connectivity index (χ2v) is 6.28. The van der Waals surface area contributed by atoms with Gasteiger partial charge in [-0.3, -0.25) is 20.2 Å². The quantitative estimate of drug-likeness (QED) is 0.397. The Kier molecular flexibility index (Phi) is 3.90. The average molecular weight is 442 g/mol. The van der Waals surface area contributed by atoms with Gasteiger partial charge in [0.25, 0.3) is 5.69 Å². The molecule has 9 heteroatoms. The van der Waals surface area contributed by atoms with Crippen molar-refractivity contribution in [1.29, 1.82) is 0 Å². The Hall–Kier alpha value is -2.26. The molecule has 0 bridgehead atoms. The first-order valence-corrected chi connectivity index (χ1v) is 7.78. The lowest BCUT2D eigenvalue weighted by Crippen LogP contribution is -1.91. The number of benzene rings is 2. The van der Waals surface area contributed by atoms with Crippen molar-refractivity contribution in [3.63, 3.8) is 0 Å². The molecule has 3 rings (SSSR count). The Bertz CT molecular complexity index is 947. The van der Waals surface area contributed by atoms with E-state index in [0.717, 1.165) is 6.07 Å². The van der Waals surface area contributed by atoms with Crippen LogP contribution in [-0.2, 0) is 0 Å². The van der Waals surface area contributed by atoms with E-state index in [1.54, 1.807) is 18.2 Å². The Morgan fingerprint density at radius 2 is 1.61 bits per heavy atom. The number of hydrogen-bond acceptors (Lipinski definition) is 5. The van der Waals surface area contributed by atoms with E-state index in [2.05, 4.69) is 31.9 Å². The molecule has 23 heavy (non-hydrogen) atoms. The molecule has 1 aromatic heterocycles. The molecule has 0 amide bonds. The monoisotopic (exact) mass is 440 g/mol. The molecule has 0 spiro atoms. The molecule has 7 nitrogen and oxygen atoms in total. The maximum Gasteiger partial charge on any atom is 0.323 e. The highest BCUT2D eigenvalue weighted by Crippen LogP contribution is 2.45. The summed E-state index contributed by atoms with van der Waals surface area (Å²) in [5.41, 5.74) is 0.133. The number of halogens is 2. The maximum absolute atomic E-state index is 11.5. The lowest BCUT2D eigenvalue weighted by Gasteiger charge is -2.03. The van der Waals surface area contributed by atoms with Gasteiger partial charge in [-0.25, -0.2) is 0 Å². The summed E-state index contributed by atoms with van der Waals surface area (Å²) in [6, 6.07) is 8.95. The molecule has 0 aliphatic heterocycles. The van der Waals surface area contributed by atoms with Gasteiger partial charge in [0.15, 0.2) is 0 Å². The van der Waals surface area contributed by atoms with Crippen molar-refractivity contribution in [1.82, 2.24) is 0 Å². The van der Waals surface area contributed by atoms with Crippen LogP contribution in [-0.4, -0.2) is 9.85 Å². The zero-order valence-electron chi connectivity index (χ0n) is 11.2. The zero-order valence-corrected chi connectivity index (χ0v) is 14.3. The van der Waals surface area contributed by atoms with Gasteiger partial charge in [0.2, 0.25) is 5.76 Å². The molecular formula is C14H6Br2N2O5. The molecule has 3 aromatic rings. The molecule has 0 atom stereocenters. The van der Waals surface area contributed by atoms with E-state index in [4.69, 9.17) is 4.42 Å². The summed E-state index contributed by atoms with van der Waals surface area (Å²) in [6.45, 7) is 0. The molecule has 0 radical (unpaired) electrons. The Morgan fingerprint density at radius 1 is 0.957 bits per heavy atom. The van der Waals surface area contributed by atoms with Gasteiger partial charge in [0, 0.05) is 21.1 Å². The lowest BCUT2D eigenvalue weighted by atomic mass is 10.1. The molecule has 0 aliphatic rings. The minimum atomic E-state index is -0.607. The van der Waals surface area contributed by atoms with Crippen LogP contribution < -0.4 is 0 Å². The topological polar surface area (TPSA) is 99.4 Å². The van der Waals surface area contributed by atoms with Crippen LogP contribution in [0.2, 0.25) is 0 Å². The number of nitrogens with zero attached hydrogens (tertiary/aromatic N) is 2. The smallest absolute Gasteiger partial charge is 0.323 e. The number of rotatable bonds is 3. The lowest BCUT2D eigenvalue weighted by molar-refractivity contribution is -0.385. The molecule has 0 N–H and O–H groups in total. The summed E-state index contributed by atoms with van der Waals surface area (Å²) in [5.74, 6) is 0.0323. The van der Waals surface area contributed by atoms with Crippen molar-refractivity contribution >= 4 is 54.2 Å². The number of nitro groups is 2. The first-order chi connectivity index (χ1) is 10.9. The highest BCUT2D eigenvalue weighted by Gasteiger charge is 2.29. The second kappa shape index (κ2) is 5.74.